The number of nitrogens with zero attached hydrogens (tertiary/aromatic N) is 1. The first-order chi connectivity index (χ1) is 7.40. The predicted molar refractivity (Wildman–Crippen MR) is 64.4 cm³/mol. The van der Waals surface area contributed by atoms with Gasteiger partial charge in [0.15, 0.2) is 0 Å². The van der Waals surface area contributed by atoms with Crippen LogP contribution in [0.2, 0.25) is 0 Å². The van der Waals surface area contributed by atoms with Crippen molar-refractivity contribution in [3.05, 3.63) is 22.4 Å². The Hall–Kier alpha value is -0.380. The third-order valence-electron chi connectivity index (χ3n) is 3.09. The van der Waals surface area contributed by atoms with Gasteiger partial charge in [0.25, 0.3) is 0 Å². The van der Waals surface area contributed by atoms with Crippen LogP contribution in [0.25, 0.3) is 0 Å². The summed E-state index contributed by atoms with van der Waals surface area (Å²) < 4.78 is 0. The van der Waals surface area contributed by atoms with E-state index in [0.29, 0.717) is 5.92 Å². The molecular weight excluding hydrogens is 206 g/mol. The maximum atomic E-state index is 9.41. The first kappa shape index (κ1) is 11.1. The van der Waals surface area contributed by atoms with Crippen molar-refractivity contribution in [3.8, 4) is 0 Å². The Bertz CT molecular complexity index is 267. The van der Waals surface area contributed by atoms with Crippen molar-refractivity contribution in [1.82, 2.24) is 4.90 Å². The summed E-state index contributed by atoms with van der Waals surface area (Å²) in [4.78, 5) is 3.81. The van der Waals surface area contributed by atoms with E-state index in [4.69, 9.17) is 0 Å². The summed E-state index contributed by atoms with van der Waals surface area (Å²) in [7, 11) is 0. The van der Waals surface area contributed by atoms with Crippen molar-refractivity contribution >= 4 is 11.3 Å². The second kappa shape index (κ2) is 5.64. The molecule has 1 aromatic heterocycles. The van der Waals surface area contributed by atoms with Crippen LogP contribution in [0.5, 0.6) is 0 Å². The summed E-state index contributed by atoms with van der Waals surface area (Å²) in [6.45, 7) is 3.72. The SMILES string of the molecule is OCC(CN1CCCCC1)c1cccs1. The van der Waals surface area contributed by atoms with Gasteiger partial charge in [0.05, 0.1) is 6.61 Å². The standard InChI is InChI=1S/C12H19NOS/c14-10-11(12-5-4-8-15-12)9-13-6-2-1-3-7-13/h4-5,8,11,14H,1-3,6-7,9-10H2. The number of aliphatic hydroxyl groups is 1. The molecule has 0 aromatic carbocycles. The van der Waals surface area contributed by atoms with E-state index >= 15 is 0 Å². The fourth-order valence-corrected chi connectivity index (χ4v) is 3.03. The van der Waals surface area contributed by atoms with Gasteiger partial charge in [-0.1, -0.05) is 12.5 Å². The molecule has 0 amide bonds. The fourth-order valence-electron chi connectivity index (χ4n) is 2.21. The Kier molecular flexibility index (Phi) is 4.18. The van der Waals surface area contributed by atoms with Crippen molar-refractivity contribution in [2.45, 2.75) is 25.2 Å². The highest BCUT2D eigenvalue weighted by Gasteiger charge is 2.17. The van der Waals surface area contributed by atoms with E-state index in [9.17, 15) is 5.11 Å². The zero-order valence-corrected chi connectivity index (χ0v) is 9.88. The number of likely N-dealkylation sites (tertiary alicyclic amines) is 1. The lowest BCUT2D eigenvalue weighted by molar-refractivity contribution is 0.180. The molecular formula is C12H19NOS. The van der Waals surface area contributed by atoms with E-state index in [2.05, 4.69) is 22.4 Å². The van der Waals surface area contributed by atoms with Crippen LogP contribution in [-0.2, 0) is 0 Å². The number of rotatable bonds is 4. The summed E-state index contributed by atoms with van der Waals surface area (Å²) in [5.74, 6) is 0.322. The van der Waals surface area contributed by atoms with Crippen LogP contribution in [0.4, 0.5) is 0 Å². The van der Waals surface area contributed by atoms with Crippen molar-refractivity contribution in [2.24, 2.45) is 0 Å². The maximum Gasteiger partial charge on any atom is 0.0520 e. The third-order valence-corrected chi connectivity index (χ3v) is 4.13. The average Bonchev–Trinajstić information content (AvgIpc) is 2.81. The number of hydrogen-bond acceptors (Lipinski definition) is 3. The molecule has 0 bridgehead atoms. The highest BCUT2D eigenvalue weighted by atomic mass is 32.1. The second-order valence-corrected chi connectivity index (χ2v) is 5.24. The number of aliphatic hydroxyl groups excluding tert-OH is 1. The molecule has 1 aliphatic rings. The summed E-state index contributed by atoms with van der Waals surface area (Å²) in [5, 5.41) is 11.5. The van der Waals surface area contributed by atoms with Crippen LogP contribution < -0.4 is 0 Å². The fraction of sp³-hybridized carbons (Fsp3) is 0.667. The van der Waals surface area contributed by atoms with Gasteiger partial charge in [0, 0.05) is 17.3 Å². The lowest BCUT2D eigenvalue weighted by Gasteiger charge is -2.29. The van der Waals surface area contributed by atoms with E-state index in [1.807, 2.05) is 0 Å². The molecule has 0 saturated carbocycles. The summed E-state index contributed by atoms with van der Waals surface area (Å²) >= 11 is 1.76. The number of piperidine rings is 1. The Balaban J connectivity index is 1.90. The van der Waals surface area contributed by atoms with Crippen molar-refractivity contribution in [2.75, 3.05) is 26.2 Å². The minimum atomic E-state index is 0.275. The first-order valence-corrected chi connectivity index (χ1v) is 6.64. The van der Waals surface area contributed by atoms with E-state index in [1.165, 1.54) is 37.2 Å². The van der Waals surface area contributed by atoms with Gasteiger partial charge in [-0.15, -0.1) is 11.3 Å². The average molecular weight is 225 g/mol. The molecule has 1 saturated heterocycles. The van der Waals surface area contributed by atoms with E-state index in [1.54, 1.807) is 11.3 Å². The van der Waals surface area contributed by atoms with Gasteiger partial charge in [0.1, 0.15) is 0 Å². The van der Waals surface area contributed by atoms with Crippen molar-refractivity contribution in [1.29, 1.82) is 0 Å². The predicted octanol–water partition coefficient (Wildman–Crippen LogP) is 2.31. The van der Waals surface area contributed by atoms with Gasteiger partial charge in [-0.05, 0) is 37.4 Å². The molecule has 2 rings (SSSR count). The monoisotopic (exact) mass is 225 g/mol. The molecule has 1 N–H and O–H groups in total. The zero-order valence-electron chi connectivity index (χ0n) is 9.06. The summed E-state index contributed by atoms with van der Waals surface area (Å²) in [5.41, 5.74) is 0. The number of thiophene rings is 1. The molecule has 1 aliphatic heterocycles. The minimum absolute atomic E-state index is 0.275. The Morgan fingerprint density at radius 3 is 2.73 bits per heavy atom. The van der Waals surface area contributed by atoms with Gasteiger partial charge < -0.3 is 10.0 Å². The van der Waals surface area contributed by atoms with E-state index < -0.39 is 0 Å². The summed E-state index contributed by atoms with van der Waals surface area (Å²) in [6.07, 6.45) is 4.02. The maximum absolute atomic E-state index is 9.41. The normalized spacial score (nSPS) is 20.3. The van der Waals surface area contributed by atoms with E-state index in [0.717, 1.165) is 6.54 Å². The van der Waals surface area contributed by atoms with Crippen LogP contribution >= 0.6 is 11.3 Å². The van der Waals surface area contributed by atoms with Crippen LogP contribution in [0, 0.1) is 0 Å². The van der Waals surface area contributed by atoms with Crippen molar-refractivity contribution in [3.63, 3.8) is 0 Å². The molecule has 0 radical (unpaired) electrons. The van der Waals surface area contributed by atoms with Crippen LogP contribution in [0.15, 0.2) is 17.5 Å². The van der Waals surface area contributed by atoms with Crippen LogP contribution in [0.3, 0.4) is 0 Å². The van der Waals surface area contributed by atoms with E-state index in [-0.39, 0.29) is 6.61 Å². The number of hydrogen-bond donors (Lipinski definition) is 1. The highest BCUT2D eigenvalue weighted by molar-refractivity contribution is 7.10. The van der Waals surface area contributed by atoms with Crippen LogP contribution in [-0.4, -0.2) is 36.2 Å². The zero-order chi connectivity index (χ0) is 10.5. The highest BCUT2D eigenvalue weighted by Crippen LogP contribution is 2.23. The smallest absolute Gasteiger partial charge is 0.0520 e. The molecule has 2 heterocycles. The molecule has 84 valence electrons. The summed E-state index contributed by atoms with van der Waals surface area (Å²) in [6, 6.07) is 4.20. The Labute approximate surface area is 95.5 Å². The Morgan fingerprint density at radius 1 is 1.33 bits per heavy atom. The molecule has 1 atom stereocenters. The van der Waals surface area contributed by atoms with Gasteiger partial charge in [-0.2, -0.15) is 0 Å². The molecule has 1 aromatic rings. The molecule has 0 spiro atoms. The molecule has 2 nitrogen and oxygen atoms in total. The first-order valence-electron chi connectivity index (χ1n) is 5.77. The van der Waals surface area contributed by atoms with Gasteiger partial charge in [-0.25, -0.2) is 0 Å². The lowest BCUT2D eigenvalue weighted by Crippen LogP contribution is -2.34. The van der Waals surface area contributed by atoms with Gasteiger partial charge in [0.2, 0.25) is 0 Å². The molecule has 1 fully saturated rings. The van der Waals surface area contributed by atoms with Gasteiger partial charge >= 0.3 is 0 Å². The van der Waals surface area contributed by atoms with Gasteiger partial charge in [-0.3, -0.25) is 0 Å². The topological polar surface area (TPSA) is 23.5 Å². The molecule has 3 heteroatoms. The quantitative estimate of drug-likeness (QED) is 0.850. The molecule has 0 aliphatic carbocycles. The minimum Gasteiger partial charge on any atom is -0.396 e. The Morgan fingerprint density at radius 2 is 2.13 bits per heavy atom. The molecule has 15 heavy (non-hydrogen) atoms. The third kappa shape index (κ3) is 3.03. The molecule has 1 unspecified atom stereocenters. The van der Waals surface area contributed by atoms with Crippen molar-refractivity contribution < 1.29 is 5.11 Å². The largest absolute Gasteiger partial charge is 0.396 e. The second-order valence-electron chi connectivity index (χ2n) is 4.26. The lowest BCUT2D eigenvalue weighted by atomic mass is 10.1. The van der Waals surface area contributed by atoms with Crippen LogP contribution in [0.1, 0.15) is 30.1 Å².